The van der Waals surface area contributed by atoms with E-state index in [2.05, 4.69) is 5.32 Å². The van der Waals surface area contributed by atoms with Crippen LogP contribution in [0.25, 0.3) is 5.57 Å². The molecule has 2 N–H and O–H groups in total. The van der Waals surface area contributed by atoms with Crippen LogP contribution in [0.15, 0.2) is 29.8 Å². The highest BCUT2D eigenvalue weighted by molar-refractivity contribution is 6.35. The SMILES string of the molecule is CC1=C(c2cccc(O)c2)C(=O)NC1=O. The summed E-state index contributed by atoms with van der Waals surface area (Å²) in [6.07, 6.45) is 0. The molecule has 0 atom stereocenters. The first kappa shape index (κ1) is 9.45. The quantitative estimate of drug-likeness (QED) is 0.664. The van der Waals surface area contributed by atoms with E-state index in [1.807, 2.05) is 0 Å². The molecule has 0 unspecified atom stereocenters. The summed E-state index contributed by atoms with van der Waals surface area (Å²) >= 11 is 0. The Bertz CT molecular complexity index is 488. The summed E-state index contributed by atoms with van der Waals surface area (Å²) in [6, 6.07) is 6.27. The molecule has 4 nitrogen and oxygen atoms in total. The Labute approximate surface area is 86.2 Å². The summed E-state index contributed by atoms with van der Waals surface area (Å²) in [5, 5.41) is 11.5. The van der Waals surface area contributed by atoms with Crippen molar-refractivity contribution in [1.29, 1.82) is 0 Å². The second-order valence-electron chi connectivity index (χ2n) is 3.33. The van der Waals surface area contributed by atoms with E-state index in [0.29, 0.717) is 16.7 Å². The highest BCUT2D eigenvalue weighted by Gasteiger charge is 2.27. The number of phenols is 1. The van der Waals surface area contributed by atoms with Gasteiger partial charge in [-0.3, -0.25) is 14.9 Å². The topological polar surface area (TPSA) is 66.4 Å². The van der Waals surface area contributed by atoms with Gasteiger partial charge in [0.15, 0.2) is 0 Å². The maximum Gasteiger partial charge on any atom is 0.259 e. The van der Waals surface area contributed by atoms with E-state index in [9.17, 15) is 14.7 Å². The average Bonchev–Trinajstić information content (AvgIpc) is 2.41. The molecule has 1 aromatic rings. The smallest absolute Gasteiger partial charge is 0.259 e. The van der Waals surface area contributed by atoms with E-state index in [1.165, 1.54) is 12.1 Å². The first-order valence-electron chi connectivity index (χ1n) is 4.45. The molecule has 1 aromatic carbocycles. The molecular weight excluding hydrogens is 194 g/mol. The van der Waals surface area contributed by atoms with Crippen molar-refractivity contribution in [3.05, 3.63) is 35.4 Å². The summed E-state index contributed by atoms with van der Waals surface area (Å²) in [5.41, 5.74) is 1.26. The van der Waals surface area contributed by atoms with Gasteiger partial charge in [-0.2, -0.15) is 0 Å². The number of nitrogens with one attached hydrogen (secondary N) is 1. The number of carbonyl (C=O) groups is 2. The molecule has 0 bridgehead atoms. The monoisotopic (exact) mass is 203 g/mol. The van der Waals surface area contributed by atoms with Gasteiger partial charge in [-0.15, -0.1) is 0 Å². The van der Waals surface area contributed by atoms with Crippen molar-refractivity contribution in [3.63, 3.8) is 0 Å². The van der Waals surface area contributed by atoms with E-state index in [1.54, 1.807) is 19.1 Å². The lowest BCUT2D eigenvalue weighted by molar-refractivity contribution is -0.123. The van der Waals surface area contributed by atoms with Crippen molar-refractivity contribution in [2.75, 3.05) is 0 Å². The van der Waals surface area contributed by atoms with Gasteiger partial charge in [0, 0.05) is 5.57 Å². The largest absolute Gasteiger partial charge is 0.508 e. The maximum absolute atomic E-state index is 11.4. The van der Waals surface area contributed by atoms with Gasteiger partial charge in [0.2, 0.25) is 0 Å². The summed E-state index contributed by atoms with van der Waals surface area (Å²) in [7, 11) is 0. The molecule has 1 aliphatic heterocycles. The van der Waals surface area contributed by atoms with Gasteiger partial charge in [-0.25, -0.2) is 0 Å². The number of imide groups is 1. The zero-order valence-corrected chi connectivity index (χ0v) is 8.07. The number of hydrogen-bond acceptors (Lipinski definition) is 3. The Morgan fingerprint density at radius 1 is 1.20 bits per heavy atom. The number of amides is 2. The molecule has 0 radical (unpaired) electrons. The van der Waals surface area contributed by atoms with Gasteiger partial charge in [-0.05, 0) is 24.6 Å². The van der Waals surface area contributed by atoms with E-state index >= 15 is 0 Å². The minimum absolute atomic E-state index is 0.0694. The normalized spacial score (nSPS) is 15.8. The molecule has 0 spiro atoms. The standard InChI is InChI=1S/C11H9NO3/c1-6-9(11(15)12-10(6)14)7-3-2-4-8(13)5-7/h2-5,13H,1H3,(H,12,14,15). The van der Waals surface area contributed by atoms with Crippen LogP contribution in [-0.4, -0.2) is 16.9 Å². The van der Waals surface area contributed by atoms with Gasteiger partial charge < -0.3 is 5.11 Å². The summed E-state index contributed by atoms with van der Waals surface area (Å²) in [4.78, 5) is 22.6. The Hall–Kier alpha value is -2.10. The third-order valence-corrected chi connectivity index (χ3v) is 2.30. The lowest BCUT2D eigenvalue weighted by atomic mass is 10.0. The second-order valence-corrected chi connectivity index (χ2v) is 3.33. The molecule has 1 heterocycles. The van der Waals surface area contributed by atoms with Crippen molar-refractivity contribution in [2.24, 2.45) is 0 Å². The molecule has 0 saturated carbocycles. The molecule has 76 valence electrons. The van der Waals surface area contributed by atoms with Crippen LogP contribution in [0.3, 0.4) is 0 Å². The van der Waals surface area contributed by atoms with Gasteiger partial charge in [0.25, 0.3) is 11.8 Å². The predicted octanol–water partition coefficient (Wildman–Crippen LogP) is 0.822. The molecule has 0 aliphatic carbocycles. The fraction of sp³-hybridized carbons (Fsp3) is 0.0909. The number of aromatic hydroxyl groups is 1. The highest BCUT2D eigenvalue weighted by atomic mass is 16.3. The van der Waals surface area contributed by atoms with Crippen molar-refractivity contribution >= 4 is 17.4 Å². The van der Waals surface area contributed by atoms with Crippen LogP contribution in [0.1, 0.15) is 12.5 Å². The molecule has 0 fully saturated rings. The van der Waals surface area contributed by atoms with Gasteiger partial charge in [-0.1, -0.05) is 12.1 Å². The predicted molar refractivity (Wildman–Crippen MR) is 53.9 cm³/mol. The number of hydrogen-bond donors (Lipinski definition) is 2. The Morgan fingerprint density at radius 2 is 1.93 bits per heavy atom. The highest BCUT2D eigenvalue weighted by Crippen LogP contribution is 2.25. The van der Waals surface area contributed by atoms with Crippen molar-refractivity contribution in [1.82, 2.24) is 5.32 Å². The maximum atomic E-state index is 11.4. The van der Waals surface area contributed by atoms with Crippen LogP contribution in [-0.2, 0) is 9.59 Å². The van der Waals surface area contributed by atoms with E-state index in [0.717, 1.165) is 0 Å². The first-order valence-corrected chi connectivity index (χ1v) is 4.45. The zero-order valence-electron chi connectivity index (χ0n) is 8.07. The van der Waals surface area contributed by atoms with Crippen LogP contribution < -0.4 is 5.32 Å². The van der Waals surface area contributed by atoms with Crippen molar-refractivity contribution in [2.45, 2.75) is 6.92 Å². The average molecular weight is 203 g/mol. The Balaban J connectivity index is 2.56. The fourth-order valence-corrected chi connectivity index (χ4v) is 1.55. The Kier molecular flexibility index (Phi) is 2.04. The molecule has 15 heavy (non-hydrogen) atoms. The van der Waals surface area contributed by atoms with E-state index < -0.39 is 5.91 Å². The molecule has 2 amide bonds. The molecule has 2 rings (SSSR count). The van der Waals surface area contributed by atoms with Crippen LogP contribution in [0.2, 0.25) is 0 Å². The van der Waals surface area contributed by atoms with Crippen LogP contribution in [0.4, 0.5) is 0 Å². The second kappa shape index (κ2) is 3.24. The van der Waals surface area contributed by atoms with E-state index in [-0.39, 0.29) is 11.7 Å². The fourth-order valence-electron chi connectivity index (χ4n) is 1.55. The van der Waals surface area contributed by atoms with Crippen LogP contribution >= 0.6 is 0 Å². The number of rotatable bonds is 1. The third-order valence-electron chi connectivity index (χ3n) is 2.30. The summed E-state index contributed by atoms with van der Waals surface area (Å²) < 4.78 is 0. The van der Waals surface area contributed by atoms with E-state index in [4.69, 9.17) is 0 Å². The van der Waals surface area contributed by atoms with Crippen LogP contribution in [0.5, 0.6) is 5.75 Å². The Morgan fingerprint density at radius 3 is 2.47 bits per heavy atom. The zero-order chi connectivity index (χ0) is 11.0. The minimum Gasteiger partial charge on any atom is -0.508 e. The van der Waals surface area contributed by atoms with Crippen molar-refractivity contribution in [3.8, 4) is 5.75 Å². The lowest BCUT2D eigenvalue weighted by Crippen LogP contribution is -2.22. The lowest BCUT2D eigenvalue weighted by Gasteiger charge is -2.01. The third kappa shape index (κ3) is 1.50. The number of phenolic OH excluding ortho intramolecular Hbond substituents is 1. The van der Waals surface area contributed by atoms with Gasteiger partial charge in [0.1, 0.15) is 5.75 Å². The summed E-state index contributed by atoms with van der Waals surface area (Å²) in [6.45, 7) is 1.58. The number of benzene rings is 1. The molecule has 1 aliphatic rings. The van der Waals surface area contributed by atoms with Crippen LogP contribution in [0, 0.1) is 0 Å². The minimum atomic E-state index is -0.414. The number of carbonyl (C=O) groups excluding carboxylic acids is 2. The van der Waals surface area contributed by atoms with Crippen molar-refractivity contribution < 1.29 is 14.7 Å². The molecule has 0 saturated heterocycles. The summed E-state index contributed by atoms with van der Waals surface area (Å²) in [5.74, 6) is -0.721. The first-order chi connectivity index (χ1) is 7.09. The van der Waals surface area contributed by atoms with Gasteiger partial charge in [0.05, 0.1) is 5.57 Å². The molecule has 0 aromatic heterocycles. The van der Waals surface area contributed by atoms with Gasteiger partial charge >= 0.3 is 0 Å². The molecule has 4 heteroatoms. The molecular formula is C11H9NO3.